The third-order valence-electron chi connectivity index (χ3n) is 4.94. The van der Waals surface area contributed by atoms with Crippen LogP contribution < -0.4 is 9.80 Å². The number of ether oxygens (including phenoxy) is 1. The molecule has 10 nitrogen and oxygen atoms in total. The largest absolute Gasteiger partial charge is 0.378 e. The van der Waals surface area contributed by atoms with E-state index in [0.29, 0.717) is 43.2 Å². The van der Waals surface area contributed by atoms with Gasteiger partial charge in [0.2, 0.25) is 0 Å². The van der Waals surface area contributed by atoms with E-state index in [-0.39, 0.29) is 20.6 Å². The summed E-state index contributed by atoms with van der Waals surface area (Å²) in [4.78, 5) is 38.1. The van der Waals surface area contributed by atoms with Crippen molar-refractivity contribution in [3.8, 4) is 0 Å². The average Bonchev–Trinajstić information content (AvgIpc) is 3.07. The maximum absolute atomic E-state index is 13.0. The van der Waals surface area contributed by atoms with E-state index in [0.717, 1.165) is 11.8 Å². The summed E-state index contributed by atoms with van der Waals surface area (Å²) in [6, 6.07) is 10.4. The maximum atomic E-state index is 13.0. The second-order valence-electron chi connectivity index (χ2n) is 6.90. The number of hydrogen-bond acceptors (Lipinski definition) is 9. The Labute approximate surface area is 191 Å². The molecular formula is C20H16N4O6S2. The summed E-state index contributed by atoms with van der Waals surface area (Å²) in [6.45, 7) is 2.11. The number of morpholine rings is 1. The molecular weight excluding hydrogens is 456 g/mol. The van der Waals surface area contributed by atoms with Crippen LogP contribution in [0.4, 0.5) is 22.7 Å². The van der Waals surface area contributed by atoms with Crippen molar-refractivity contribution in [2.24, 2.45) is 0 Å². The third kappa shape index (κ3) is 4.33. The van der Waals surface area contributed by atoms with Crippen LogP contribution in [0.2, 0.25) is 0 Å². The first kappa shape index (κ1) is 21.9. The van der Waals surface area contributed by atoms with Crippen molar-refractivity contribution in [1.29, 1.82) is 0 Å². The fourth-order valence-corrected chi connectivity index (χ4v) is 4.73. The molecule has 0 N–H and O–H groups in total. The fourth-order valence-electron chi connectivity index (χ4n) is 3.44. The van der Waals surface area contributed by atoms with Crippen LogP contribution in [-0.4, -0.2) is 46.4 Å². The van der Waals surface area contributed by atoms with Crippen LogP contribution in [-0.2, 0) is 9.53 Å². The van der Waals surface area contributed by atoms with Gasteiger partial charge in [-0.1, -0.05) is 36.1 Å². The highest BCUT2D eigenvalue weighted by Crippen LogP contribution is 2.38. The predicted molar refractivity (Wildman–Crippen MR) is 125 cm³/mol. The van der Waals surface area contributed by atoms with E-state index in [1.165, 1.54) is 35.2 Å². The lowest BCUT2D eigenvalue weighted by Crippen LogP contribution is -2.36. The molecule has 0 atom stereocenters. The fraction of sp³-hybridized carbons (Fsp3) is 0.200. The molecule has 0 aliphatic carbocycles. The standard InChI is InChI=1S/C20H16N4O6S2/c25-19-18(32-20(31)22(19)14-2-1-3-15(12-14)23(26)27)11-13-4-5-16(17(10-13)24(28)29)21-6-8-30-9-7-21/h1-5,10-12H,6-9H2/b18-11+. The number of carbonyl (C=O) groups excluding carboxylic acids is 1. The molecule has 2 heterocycles. The van der Waals surface area contributed by atoms with Crippen LogP contribution >= 0.6 is 24.0 Å². The van der Waals surface area contributed by atoms with E-state index in [4.69, 9.17) is 17.0 Å². The van der Waals surface area contributed by atoms with Gasteiger partial charge in [0.1, 0.15) is 5.69 Å². The van der Waals surface area contributed by atoms with Gasteiger partial charge >= 0.3 is 0 Å². The van der Waals surface area contributed by atoms with Crippen molar-refractivity contribution in [2.45, 2.75) is 0 Å². The molecule has 2 saturated heterocycles. The molecule has 0 radical (unpaired) electrons. The molecule has 164 valence electrons. The van der Waals surface area contributed by atoms with Crippen LogP contribution in [0.15, 0.2) is 47.4 Å². The number of non-ortho nitro benzene ring substituents is 1. The van der Waals surface area contributed by atoms with Crippen LogP contribution in [0.25, 0.3) is 6.08 Å². The third-order valence-corrected chi connectivity index (χ3v) is 6.24. The maximum Gasteiger partial charge on any atom is 0.293 e. The molecule has 2 aromatic carbocycles. The van der Waals surface area contributed by atoms with Gasteiger partial charge in [0, 0.05) is 31.3 Å². The average molecular weight is 473 g/mol. The number of rotatable bonds is 5. The van der Waals surface area contributed by atoms with Gasteiger partial charge < -0.3 is 9.64 Å². The molecule has 2 aliphatic rings. The molecule has 32 heavy (non-hydrogen) atoms. The monoisotopic (exact) mass is 472 g/mol. The predicted octanol–water partition coefficient (Wildman–Crippen LogP) is 3.75. The molecule has 1 amide bonds. The minimum Gasteiger partial charge on any atom is -0.378 e. The Kier molecular flexibility index (Phi) is 6.17. The molecule has 2 aliphatic heterocycles. The topological polar surface area (TPSA) is 119 Å². The number of thiocarbonyl (C=S) groups is 1. The zero-order chi connectivity index (χ0) is 22.8. The van der Waals surface area contributed by atoms with Gasteiger partial charge in [0.05, 0.1) is 33.7 Å². The van der Waals surface area contributed by atoms with Crippen molar-refractivity contribution in [3.05, 3.63) is 73.2 Å². The first-order chi connectivity index (χ1) is 15.3. The Morgan fingerprint density at radius 1 is 1.06 bits per heavy atom. The van der Waals surface area contributed by atoms with Crippen LogP contribution in [0.3, 0.4) is 0 Å². The highest BCUT2D eigenvalue weighted by molar-refractivity contribution is 8.27. The van der Waals surface area contributed by atoms with Gasteiger partial charge in [-0.05, 0) is 23.8 Å². The quantitative estimate of drug-likeness (QED) is 0.277. The number of nitro benzene ring substituents is 2. The summed E-state index contributed by atoms with van der Waals surface area (Å²) in [5.74, 6) is -0.444. The number of benzene rings is 2. The smallest absolute Gasteiger partial charge is 0.293 e. The Hall–Kier alpha value is -3.35. The summed E-state index contributed by atoms with van der Waals surface area (Å²) in [7, 11) is 0. The van der Waals surface area contributed by atoms with Gasteiger partial charge in [0.25, 0.3) is 17.3 Å². The lowest BCUT2D eigenvalue weighted by atomic mass is 10.1. The first-order valence-corrected chi connectivity index (χ1v) is 10.7. The van der Waals surface area contributed by atoms with Crippen molar-refractivity contribution in [1.82, 2.24) is 0 Å². The molecule has 0 spiro atoms. The molecule has 0 unspecified atom stereocenters. The molecule has 0 saturated carbocycles. The van der Waals surface area contributed by atoms with E-state index >= 15 is 0 Å². The highest BCUT2D eigenvalue weighted by Gasteiger charge is 2.34. The molecule has 12 heteroatoms. The Morgan fingerprint density at radius 2 is 1.81 bits per heavy atom. The van der Waals surface area contributed by atoms with Gasteiger partial charge in [-0.3, -0.25) is 29.9 Å². The van der Waals surface area contributed by atoms with Crippen molar-refractivity contribution < 1.29 is 19.4 Å². The summed E-state index contributed by atoms with van der Waals surface area (Å²) >= 11 is 6.34. The Balaban J connectivity index is 1.64. The van der Waals surface area contributed by atoms with Gasteiger partial charge in [-0.15, -0.1) is 0 Å². The van der Waals surface area contributed by atoms with E-state index in [9.17, 15) is 25.0 Å². The van der Waals surface area contributed by atoms with Crippen molar-refractivity contribution >= 4 is 63.0 Å². The summed E-state index contributed by atoms with van der Waals surface area (Å²) in [6.07, 6.45) is 1.53. The van der Waals surface area contributed by atoms with Crippen molar-refractivity contribution in [2.75, 3.05) is 36.1 Å². The van der Waals surface area contributed by atoms with E-state index in [1.807, 2.05) is 4.90 Å². The van der Waals surface area contributed by atoms with Crippen LogP contribution in [0.1, 0.15) is 5.56 Å². The molecule has 2 fully saturated rings. The van der Waals surface area contributed by atoms with Gasteiger partial charge in [-0.2, -0.15) is 0 Å². The van der Waals surface area contributed by atoms with Gasteiger partial charge in [-0.25, -0.2) is 0 Å². The van der Waals surface area contributed by atoms with Crippen LogP contribution in [0.5, 0.6) is 0 Å². The number of hydrogen-bond donors (Lipinski definition) is 0. The van der Waals surface area contributed by atoms with Crippen LogP contribution in [0, 0.1) is 20.2 Å². The minimum atomic E-state index is -0.549. The Morgan fingerprint density at radius 3 is 2.50 bits per heavy atom. The second kappa shape index (κ2) is 9.02. The summed E-state index contributed by atoms with van der Waals surface area (Å²) in [5.41, 5.74) is 1.05. The lowest BCUT2D eigenvalue weighted by molar-refractivity contribution is -0.384. The molecule has 4 rings (SSSR count). The number of nitro groups is 2. The number of anilines is 2. The van der Waals surface area contributed by atoms with Crippen molar-refractivity contribution in [3.63, 3.8) is 0 Å². The number of amides is 1. The Bertz CT molecular complexity index is 1160. The van der Waals surface area contributed by atoms with Gasteiger partial charge in [0.15, 0.2) is 4.32 Å². The molecule has 2 aromatic rings. The number of carbonyl (C=O) groups is 1. The van der Waals surface area contributed by atoms with E-state index in [1.54, 1.807) is 18.2 Å². The second-order valence-corrected chi connectivity index (χ2v) is 8.57. The highest BCUT2D eigenvalue weighted by atomic mass is 32.2. The number of thioether (sulfide) groups is 1. The molecule has 0 bridgehead atoms. The summed E-state index contributed by atoms with van der Waals surface area (Å²) < 4.78 is 5.53. The zero-order valence-electron chi connectivity index (χ0n) is 16.5. The summed E-state index contributed by atoms with van der Waals surface area (Å²) in [5, 5.41) is 22.7. The van der Waals surface area contributed by atoms with E-state index in [2.05, 4.69) is 0 Å². The lowest BCUT2D eigenvalue weighted by Gasteiger charge is -2.28. The first-order valence-electron chi connectivity index (χ1n) is 9.48. The SMILES string of the molecule is O=C1/C(=C\c2ccc(N3CCOCC3)c([N+](=O)[O-])c2)SC(=S)N1c1cccc([N+](=O)[O-])c1. The molecule has 0 aromatic heterocycles. The normalized spacial score (nSPS) is 17.8. The zero-order valence-corrected chi connectivity index (χ0v) is 18.1. The number of nitrogens with zero attached hydrogens (tertiary/aromatic N) is 4. The minimum absolute atomic E-state index is 0.0604. The van der Waals surface area contributed by atoms with E-state index < -0.39 is 15.8 Å².